The molecule has 9 nitrogen and oxygen atoms in total. The summed E-state index contributed by atoms with van der Waals surface area (Å²) in [6.07, 6.45) is 48.6. The number of phosphoric ester groups is 1. The molecule has 0 aliphatic carbocycles. The first-order valence-corrected chi connectivity index (χ1v) is 25.8. The van der Waals surface area contributed by atoms with Crippen LogP contribution in [0.25, 0.3) is 0 Å². The molecule has 344 valence electrons. The number of carbonyl (C=O) groups is 1. The lowest BCUT2D eigenvalue weighted by Crippen LogP contribution is -2.29. The maximum absolute atomic E-state index is 12.7. The van der Waals surface area contributed by atoms with Gasteiger partial charge in [-0.1, -0.05) is 212 Å². The molecule has 3 N–H and O–H groups in total. The zero-order valence-electron chi connectivity index (χ0n) is 37.8. The fraction of sp³-hybridized carbons (Fsp3) is 0.896. The normalized spacial score (nSPS) is 14.1. The summed E-state index contributed by atoms with van der Waals surface area (Å²) in [6, 6.07) is 0. The Balaban J connectivity index is 4.02. The van der Waals surface area contributed by atoms with Crippen LogP contribution in [0.15, 0.2) is 24.3 Å². The lowest BCUT2D eigenvalue weighted by Gasteiger charge is -2.20. The second-order valence-electron chi connectivity index (χ2n) is 16.5. The number of allylic oxidation sites excluding steroid dienone is 4. The molecule has 0 bridgehead atoms. The smallest absolute Gasteiger partial charge is 0.457 e. The summed E-state index contributed by atoms with van der Waals surface area (Å²) in [5.41, 5.74) is 0. The van der Waals surface area contributed by atoms with Crippen molar-refractivity contribution in [2.24, 2.45) is 0 Å². The number of esters is 1. The summed E-state index contributed by atoms with van der Waals surface area (Å²) < 4.78 is 33.4. The predicted octanol–water partition coefficient (Wildman–Crippen LogP) is 13.8. The number of aliphatic hydroxyl groups is 2. The molecular weight excluding hydrogens is 751 g/mol. The van der Waals surface area contributed by atoms with Crippen molar-refractivity contribution in [2.75, 3.05) is 33.0 Å². The number of hydrogen-bond acceptors (Lipinski definition) is 8. The summed E-state index contributed by atoms with van der Waals surface area (Å²) in [7, 11) is -4.52. The highest BCUT2D eigenvalue weighted by atomic mass is 31.2. The number of phosphoric acid groups is 1. The molecule has 3 atom stereocenters. The first-order valence-electron chi connectivity index (χ1n) is 24.3. The first-order chi connectivity index (χ1) is 28.3. The van der Waals surface area contributed by atoms with Gasteiger partial charge < -0.3 is 24.6 Å². The number of aliphatic hydroxyl groups excluding tert-OH is 2. The van der Waals surface area contributed by atoms with Crippen LogP contribution in [0.2, 0.25) is 0 Å². The van der Waals surface area contributed by atoms with E-state index in [4.69, 9.17) is 23.6 Å². The predicted molar refractivity (Wildman–Crippen MR) is 242 cm³/mol. The Labute approximate surface area is 357 Å². The van der Waals surface area contributed by atoms with E-state index in [-0.39, 0.29) is 25.6 Å². The van der Waals surface area contributed by atoms with Crippen LogP contribution in [0.3, 0.4) is 0 Å². The third kappa shape index (κ3) is 44.5. The molecule has 58 heavy (non-hydrogen) atoms. The molecule has 0 spiro atoms. The lowest BCUT2D eigenvalue weighted by atomic mass is 10.0. The van der Waals surface area contributed by atoms with Gasteiger partial charge in [0.15, 0.2) is 0 Å². The van der Waals surface area contributed by atoms with Crippen molar-refractivity contribution in [1.82, 2.24) is 0 Å². The number of hydrogen-bond donors (Lipinski definition) is 3. The Morgan fingerprint density at radius 1 is 0.534 bits per heavy atom. The highest BCUT2D eigenvalue weighted by Gasteiger charge is 2.26. The van der Waals surface area contributed by atoms with Gasteiger partial charge in [-0.25, -0.2) is 4.57 Å². The van der Waals surface area contributed by atoms with E-state index in [9.17, 15) is 19.4 Å². The van der Waals surface area contributed by atoms with Crippen molar-refractivity contribution in [3.05, 3.63) is 24.3 Å². The summed E-state index contributed by atoms with van der Waals surface area (Å²) in [5, 5.41) is 18.4. The van der Waals surface area contributed by atoms with Crippen LogP contribution in [-0.4, -0.2) is 66.3 Å². The first kappa shape index (κ1) is 56.9. The van der Waals surface area contributed by atoms with E-state index >= 15 is 0 Å². The number of carbonyl (C=O) groups excluding carboxylic acids is 1. The number of unbranched alkanes of at least 4 members (excludes halogenated alkanes) is 29. The fourth-order valence-corrected chi connectivity index (χ4v) is 7.71. The van der Waals surface area contributed by atoms with Gasteiger partial charge in [0.05, 0.1) is 26.4 Å². The second-order valence-corrected chi connectivity index (χ2v) is 17.9. The molecule has 0 heterocycles. The molecule has 0 radical (unpaired) electrons. The SMILES string of the molecule is CCC/C=C\C/C=C\CCCCCCCCOCC(COP(=O)(O)OCC(O)CO)OC(=O)CCCCCCCCCCCCCCCCCCCCCCCCC. The van der Waals surface area contributed by atoms with Crippen molar-refractivity contribution < 1.29 is 43.0 Å². The molecule has 0 aromatic heterocycles. The van der Waals surface area contributed by atoms with Gasteiger partial charge in [0.25, 0.3) is 0 Å². The van der Waals surface area contributed by atoms with Crippen LogP contribution in [0.5, 0.6) is 0 Å². The van der Waals surface area contributed by atoms with Crippen LogP contribution in [-0.2, 0) is 27.9 Å². The second kappa shape index (κ2) is 45.5. The van der Waals surface area contributed by atoms with Gasteiger partial charge in [-0.3, -0.25) is 13.8 Å². The Morgan fingerprint density at radius 3 is 1.45 bits per heavy atom. The third-order valence-electron chi connectivity index (χ3n) is 10.6. The van der Waals surface area contributed by atoms with E-state index in [1.165, 1.54) is 154 Å². The zero-order valence-corrected chi connectivity index (χ0v) is 38.7. The summed E-state index contributed by atoms with van der Waals surface area (Å²) in [4.78, 5) is 22.6. The quantitative estimate of drug-likeness (QED) is 0.0237. The summed E-state index contributed by atoms with van der Waals surface area (Å²) >= 11 is 0. The number of ether oxygens (including phenoxy) is 2. The molecule has 0 aliphatic rings. The maximum Gasteiger partial charge on any atom is 0.472 e. The minimum Gasteiger partial charge on any atom is -0.457 e. The molecule has 0 aliphatic heterocycles. The van der Waals surface area contributed by atoms with E-state index < -0.39 is 33.2 Å². The van der Waals surface area contributed by atoms with E-state index in [0.717, 1.165) is 57.8 Å². The van der Waals surface area contributed by atoms with Crippen molar-refractivity contribution in [3.8, 4) is 0 Å². The largest absolute Gasteiger partial charge is 0.472 e. The zero-order chi connectivity index (χ0) is 42.5. The highest BCUT2D eigenvalue weighted by molar-refractivity contribution is 7.47. The van der Waals surface area contributed by atoms with Gasteiger partial charge in [0, 0.05) is 13.0 Å². The van der Waals surface area contributed by atoms with Crippen LogP contribution in [0.4, 0.5) is 0 Å². The van der Waals surface area contributed by atoms with E-state index in [1.54, 1.807) is 0 Å². The average molecular weight is 845 g/mol. The van der Waals surface area contributed by atoms with Crippen LogP contribution >= 0.6 is 7.82 Å². The highest BCUT2D eigenvalue weighted by Crippen LogP contribution is 2.43. The van der Waals surface area contributed by atoms with Gasteiger partial charge in [0.1, 0.15) is 12.2 Å². The van der Waals surface area contributed by atoms with Crippen LogP contribution in [0.1, 0.15) is 232 Å². The average Bonchev–Trinajstić information content (AvgIpc) is 3.21. The summed E-state index contributed by atoms with van der Waals surface area (Å²) in [5.74, 6) is -0.382. The van der Waals surface area contributed by atoms with E-state index in [1.807, 2.05) is 0 Å². The molecule has 0 rings (SSSR count). The fourth-order valence-electron chi connectivity index (χ4n) is 6.92. The Kier molecular flexibility index (Phi) is 44.6. The molecule has 0 saturated heterocycles. The van der Waals surface area contributed by atoms with Gasteiger partial charge >= 0.3 is 13.8 Å². The topological polar surface area (TPSA) is 132 Å². The number of rotatable bonds is 47. The molecule has 10 heteroatoms. The monoisotopic (exact) mass is 845 g/mol. The Bertz CT molecular complexity index is 959. The van der Waals surface area contributed by atoms with Crippen molar-refractivity contribution in [3.63, 3.8) is 0 Å². The van der Waals surface area contributed by atoms with Gasteiger partial charge in [-0.05, 0) is 38.5 Å². The Hall–Kier alpha value is -1.06. The van der Waals surface area contributed by atoms with Gasteiger partial charge in [0.2, 0.25) is 0 Å². The standard InChI is InChI=1S/C48H93O9P/c1-3-5-7-9-11-13-15-17-19-20-21-22-23-24-25-26-27-28-30-32-34-36-38-40-48(51)57-47(45-56-58(52,53)55-43-46(50)42-49)44-54-41-39-37-35-33-31-29-18-16-14-12-10-8-6-4-2/h8,10,14,16,46-47,49-50H,3-7,9,11-13,15,17-45H2,1-2H3,(H,52,53)/b10-8-,16-14-. The minimum atomic E-state index is -4.52. The van der Waals surface area contributed by atoms with Crippen molar-refractivity contribution in [1.29, 1.82) is 0 Å². The van der Waals surface area contributed by atoms with Crippen molar-refractivity contribution in [2.45, 2.75) is 244 Å². The molecule has 0 aromatic carbocycles. The molecular formula is C48H93O9P. The van der Waals surface area contributed by atoms with E-state index in [0.29, 0.717) is 6.61 Å². The molecule has 0 saturated carbocycles. The minimum absolute atomic E-state index is 0.0460. The van der Waals surface area contributed by atoms with E-state index in [2.05, 4.69) is 38.2 Å². The van der Waals surface area contributed by atoms with Crippen LogP contribution in [0, 0.1) is 0 Å². The van der Waals surface area contributed by atoms with Gasteiger partial charge in [-0.15, -0.1) is 0 Å². The van der Waals surface area contributed by atoms with Crippen LogP contribution < -0.4 is 0 Å². The molecule has 0 amide bonds. The molecule has 0 fully saturated rings. The third-order valence-corrected chi connectivity index (χ3v) is 11.6. The Morgan fingerprint density at radius 2 is 0.966 bits per heavy atom. The molecule has 3 unspecified atom stereocenters. The lowest BCUT2D eigenvalue weighted by molar-refractivity contribution is -0.154. The van der Waals surface area contributed by atoms with Crippen molar-refractivity contribution >= 4 is 13.8 Å². The maximum atomic E-state index is 12.7. The molecule has 0 aromatic rings. The van der Waals surface area contributed by atoms with Gasteiger partial charge in [-0.2, -0.15) is 0 Å². The summed E-state index contributed by atoms with van der Waals surface area (Å²) in [6.45, 7) is 3.48.